The Labute approximate surface area is 112 Å². The van der Waals surface area contributed by atoms with Crippen LogP contribution in [0.15, 0.2) is 10.7 Å². The van der Waals surface area contributed by atoms with Gasteiger partial charge in [-0.15, -0.1) is 0 Å². The topological polar surface area (TPSA) is 41.1 Å². The van der Waals surface area contributed by atoms with Crippen molar-refractivity contribution in [1.29, 1.82) is 0 Å². The van der Waals surface area contributed by atoms with Crippen LogP contribution in [0.4, 0.5) is 11.8 Å². The van der Waals surface area contributed by atoms with Gasteiger partial charge in [-0.3, -0.25) is 0 Å². The molecule has 1 atom stereocenters. The fourth-order valence-corrected chi connectivity index (χ4v) is 2.25. The number of hydrogen-bond donors (Lipinski definition) is 1. The van der Waals surface area contributed by atoms with Crippen LogP contribution in [0.3, 0.4) is 0 Å². The van der Waals surface area contributed by atoms with Crippen molar-refractivity contribution in [3.63, 3.8) is 0 Å². The Morgan fingerprint density at radius 2 is 2.06 bits per heavy atom. The molecule has 0 bridgehead atoms. The molecule has 0 fully saturated rings. The number of hydrogen-bond acceptors (Lipinski definition) is 4. The highest BCUT2D eigenvalue weighted by Crippen LogP contribution is 2.26. The van der Waals surface area contributed by atoms with Gasteiger partial charge in [0, 0.05) is 26.3 Å². The van der Waals surface area contributed by atoms with Gasteiger partial charge in [0.2, 0.25) is 5.95 Å². The molecular weight excluding hydrogens is 280 g/mol. The maximum Gasteiger partial charge on any atom is 0.224 e. The average Bonchev–Trinajstić information content (AvgIpc) is 2.28. The molecule has 0 spiro atoms. The first-order valence-corrected chi connectivity index (χ1v) is 6.68. The predicted molar refractivity (Wildman–Crippen MR) is 76.6 cm³/mol. The van der Waals surface area contributed by atoms with Crippen LogP contribution in [0.1, 0.15) is 27.2 Å². The number of rotatable bonds is 5. The van der Waals surface area contributed by atoms with E-state index in [0.717, 1.165) is 16.7 Å². The van der Waals surface area contributed by atoms with Gasteiger partial charge in [-0.25, -0.2) is 4.98 Å². The second-order valence-corrected chi connectivity index (χ2v) is 5.56. The van der Waals surface area contributed by atoms with Gasteiger partial charge in [-0.05, 0) is 35.2 Å². The second-order valence-electron chi connectivity index (χ2n) is 4.70. The van der Waals surface area contributed by atoms with Crippen molar-refractivity contribution >= 4 is 27.7 Å². The first kappa shape index (κ1) is 14.2. The summed E-state index contributed by atoms with van der Waals surface area (Å²) in [6.45, 7) is 6.68. The third-order valence-electron chi connectivity index (χ3n) is 2.76. The molecule has 0 aliphatic carbocycles. The molecule has 1 aromatic rings. The molecule has 1 aromatic heterocycles. The SMILES string of the molecule is CNc1ncc(Br)c(N(C)C(C)CC(C)C)n1. The molecule has 0 saturated heterocycles. The van der Waals surface area contributed by atoms with E-state index in [0.29, 0.717) is 17.9 Å². The third-order valence-corrected chi connectivity index (χ3v) is 3.32. The summed E-state index contributed by atoms with van der Waals surface area (Å²) in [5, 5.41) is 2.96. The van der Waals surface area contributed by atoms with Gasteiger partial charge in [0.1, 0.15) is 5.82 Å². The van der Waals surface area contributed by atoms with Crippen LogP contribution in [0, 0.1) is 5.92 Å². The third kappa shape index (κ3) is 3.84. The number of aromatic nitrogens is 2. The first-order valence-electron chi connectivity index (χ1n) is 5.88. The molecule has 1 N–H and O–H groups in total. The molecule has 0 saturated carbocycles. The molecular formula is C12H21BrN4. The van der Waals surface area contributed by atoms with Crippen molar-refractivity contribution < 1.29 is 0 Å². The zero-order chi connectivity index (χ0) is 13.0. The summed E-state index contributed by atoms with van der Waals surface area (Å²) < 4.78 is 0.926. The Balaban J connectivity index is 2.90. The van der Waals surface area contributed by atoms with Gasteiger partial charge in [0.05, 0.1) is 4.47 Å². The monoisotopic (exact) mass is 300 g/mol. The van der Waals surface area contributed by atoms with Gasteiger partial charge in [-0.2, -0.15) is 4.98 Å². The van der Waals surface area contributed by atoms with Crippen molar-refractivity contribution in [2.45, 2.75) is 33.2 Å². The minimum atomic E-state index is 0.450. The Morgan fingerprint density at radius 1 is 1.41 bits per heavy atom. The summed E-state index contributed by atoms with van der Waals surface area (Å²) in [6.07, 6.45) is 2.93. The number of nitrogens with zero attached hydrogens (tertiary/aromatic N) is 3. The molecule has 0 amide bonds. The summed E-state index contributed by atoms with van der Waals surface area (Å²) >= 11 is 3.50. The van der Waals surface area contributed by atoms with Crippen LogP contribution in [-0.2, 0) is 0 Å². The Kier molecular flexibility index (Phi) is 5.18. The van der Waals surface area contributed by atoms with E-state index in [9.17, 15) is 0 Å². The van der Waals surface area contributed by atoms with Crippen molar-refractivity contribution in [3.05, 3.63) is 10.7 Å². The molecule has 17 heavy (non-hydrogen) atoms. The van der Waals surface area contributed by atoms with Crippen molar-refractivity contribution in [3.8, 4) is 0 Å². The van der Waals surface area contributed by atoms with Crippen molar-refractivity contribution in [2.24, 2.45) is 5.92 Å². The smallest absolute Gasteiger partial charge is 0.224 e. The summed E-state index contributed by atoms with van der Waals surface area (Å²) in [5.74, 6) is 2.25. The Bertz CT molecular complexity index is 368. The molecule has 1 rings (SSSR count). The van der Waals surface area contributed by atoms with Crippen LogP contribution < -0.4 is 10.2 Å². The van der Waals surface area contributed by atoms with Crippen LogP contribution in [-0.4, -0.2) is 30.1 Å². The Hall–Kier alpha value is -0.840. The quantitative estimate of drug-likeness (QED) is 0.907. The number of anilines is 2. The largest absolute Gasteiger partial charge is 0.357 e. The van der Waals surface area contributed by atoms with Crippen LogP contribution in [0.5, 0.6) is 0 Å². The minimum absolute atomic E-state index is 0.450. The highest BCUT2D eigenvalue weighted by atomic mass is 79.9. The first-order chi connectivity index (χ1) is 7.95. The summed E-state index contributed by atoms with van der Waals surface area (Å²) in [6, 6.07) is 0.450. The summed E-state index contributed by atoms with van der Waals surface area (Å²) in [7, 11) is 3.89. The maximum absolute atomic E-state index is 4.48. The zero-order valence-corrected chi connectivity index (χ0v) is 12.7. The molecule has 0 aliphatic heterocycles. The number of nitrogens with one attached hydrogen (secondary N) is 1. The van der Waals surface area contributed by atoms with E-state index in [2.05, 4.69) is 63.9 Å². The van der Waals surface area contributed by atoms with Crippen LogP contribution in [0.25, 0.3) is 0 Å². The molecule has 1 unspecified atom stereocenters. The number of halogens is 1. The zero-order valence-electron chi connectivity index (χ0n) is 11.2. The van der Waals surface area contributed by atoms with Crippen LogP contribution in [0.2, 0.25) is 0 Å². The lowest BCUT2D eigenvalue weighted by Crippen LogP contribution is -2.31. The van der Waals surface area contributed by atoms with Gasteiger partial charge >= 0.3 is 0 Å². The Morgan fingerprint density at radius 3 is 2.59 bits per heavy atom. The molecule has 0 aliphatic rings. The molecule has 4 nitrogen and oxygen atoms in total. The fraction of sp³-hybridized carbons (Fsp3) is 0.667. The molecule has 0 radical (unpaired) electrons. The summed E-state index contributed by atoms with van der Waals surface area (Å²) in [4.78, 5) is 10.8. The van der Waals surface area contributed by atoms with E-state index in [1.54, 1.807) is 6.20 Å². The molecule has 0 aromatic carbocycles. The van der Waals surface area contributed by atoms with E-state index in [-0.39, 0.29) is 0 Å². The summed E-state index contributed by atoms with van der Waals surface area (Å²) in [5.41, 5.74) is 0. The normalized spacial score (nSPS) is 12.6. The van der Waals surface area contributed by atoms with Gasteiger partial charge < -0.3 is 10.2 Å². The highest BCUT2D eigenvalue weighted by molar-refractivity contribution is 9.10. The molecule has 5 heteroatoms. The molecule has 96 valence electrons. The second kappa shape index (κ2) is 6.19. The maximum atomic E-state index is 4.48. The van der Waals surface area contributed by atoms with E-state index in [1.807, 2.05) is 7.05 Å². The van der Waals surface area contributed by atoms with E-state index < -0.39 is 0 Å². The van der Waals surface area contributed by atoms with E-state index >= 15 is 0 Å². The highest BCUT2D eigenvalue weighted by Gasteiger charge is 2.16. The average molecular weight is 301 g/mol. The standard InChI is InChI=1S/C12H21BrN4/c1-8(2)6-9(3)17(5)11-10(13)7-15-12(14-4)16-11/h7-9H,6H2,1-5H3,(H,14,15,16). The van der Waals surface area contributed by atoms with Gasteiger partial charge in [0.15, 0.2) is 0 Å². The van der Waals surface area contributed by atoms with E-state index in [1.165, 1.54) is 0 Å². The van der Waals surface area contributed by atoms with Crippen molar-refractivity contribution in [1.82, 2.24) is 9.97 Å². The minimum Gasteiger partial charge on any atom is -0.357 e. The van der Waals surface area contributed by atoms with Crippen molar-refractivity contribution in [2.75, 3.05) is 24.3 Å². The van der Waals surface area contributed by atoms with Gasteiger partial charge in [-0.1, -0.05) is 13.8 Å². The van der Waals surface area contributed by atoms with Crippen LogP contribution >= 0.6 is 15.9 Å². The lowest BCUT2D eigenvalue weighted by atomic mass is 10.0. The van der Waals surface area contributed by atoms with Gasteiger partial charge in [0.25, 0.3) is 0 Å². The molecule has 1 heterocycles. The predicted octanol–water partition coefficient (Wildman–Crippen LogP) is 3.15. The lowest BCUT2D eigenvalue weighted by Gasteiger charge is -2.28. The fourth-order valence-electron chi connectivity index (χ4n) is 1.78. The lowest BCUT2D eigenvalue weighted by molar-refractivity contribution is 0.501. The van der Waals surface area contributed by atoms with E-state index in [4.69, 9.17) is 0 Å².